The van der Waals surface area contributed by atoms with Gasteiger partial charge in [0.15, 0.2) is 0 Å². The van der Waals surface area contributed by atoms with Crippen molar-refractivity contribution in [2.45, 2.75) is 108 Å². The van der Waals surface area contributed by atoms with Crippen LogP contribution < -0.4 is 10.1 Å². The summed E-state index contributed by atoms with van der Waals surface area (Å²) < 4.78 is 14.2. The van der Waals surface area contributed by atoms with E-state index in [1.165, 1.54) is 24.9 Å². The number of imidazole rings is 1. The molecule has 8 rings (SSSR count). The van der Waals surface area contributed by atoms with E-state index in [0.29, 0.717) is 39.9 Å². The van der Waals surface area contributed by atoms with Gasteiger partial charge in [0.1, 0.15) is 29.4 Å². The van der Waals surface area contributed by atoms with E-state index in [1.807, 2.05) is 67.8 Å². The van der Waals surface area contributed by atoms with E-state index >= 15 is 14.4 Å². The van der Waals surface area contributed by atoms with Crippen molar-refractivity contribution in [1.29, 1.82) is 0 Å². The molecule has 5 aromatic rings. The number of amides is 4. The lowest BCUT2D eigenvalue weighted by Gasteiger charge is -2.38. The fourth-order valence-corrected chi connectivity index (χ4v) is 11.5. The molecule has 15 nitrogen and oxygen atoms in total. The van der Waals surface area contributed by atoms with Crippen molar-refractivity contribution in [3.05, 3.63) is 135 Å². The van der Waals surface area contributed by atoms with Gasteiger partial charge < -0.3 is 39.2 Å². The minimum Gasteiger partial charge on any atom is -0.481 e. The van der Waals surface area contributed by atoms with Crippen molar-refractivity contribution in [2.75, 3.05) is 47.4 Å². The van der Waals surface area contributed by atoms with Crippen LogP contribution in [0.3, 0.4) is 0 Å². The van der Waals surface area contributed by atoms with Crippen LogP contribution in [-0.4, -0.2) is 129 Å². The number of nitrogens with one attached hydrogen (secondary N) is 1. The SMILES string of the molecule is COC[C@@H]1NC(=O)[C@H](CCCC(=O)O)N(Cc2ccc(Cl)cc2Oc2ccc(-c3cnc(CN4CCCC4)n3C)cc2)C(=O)C[C@@H]([C@H]2CC(C)(C)c3ccccc32)C(=O)N(C)C[C@@H](Cc2ccc(Cl)cc2)N(C)C1=O. The number of hydrogen-bond donors (Lipinski definition) is 2. The lowest BCUT2D eigenvalue weighted by Crippen LogP contribution is -2.59. The zero-order valence-corrected chi connectivity index (χ0v) is 45.3. The first kappa shape index (κ1) is 55.0. The summed E-state index contributed by atoms with van der Waals surface area (Å²) in [5, 5.41) is 13.7. The molecule has 2 fully saturated rings. The quantitative estimate of drug-likeness (QED) is 0.0975. The monoisotopic (exact) mass is 1060 g/mol. The van der Waals surface area contributed by atoms with Gasteiger partial charge in [0.25, 0.3) is 0 Å². The van der Waals surface area contributed by atoms with Gasteiger partial charge in [-0.3, -0.25) is 28.9 Å². The fourth-order valence-electron chi connectivity index (χ4n) is 11.2. The van der Waals surface area contributed by atoms with Gasteiger partial charge in [-0.25, -0.2) is 4.98 Å². The smallest absolute Gasteiger partial charge is 0.303 e. The number of aliphatic carboxylic acids is 1. The highest BCUT2D eigenvalue weighted by Gasteiger charge is 2.46. The normalized spacial score (nSPS) is 21.8. The van der Waals surface area contributed by atoms with Crippen molar-refractivity contribution in [2.24, 2.45) is 13.0 Å². The maximum Gasteiger partial charge on any atom is 0.303 e. The number of halogens is 2. The predicted octanol–water partition coefficient (Wildman–Crippen LogP) is 8.88. The Kier molecular flexibility index (Phi) is 17.7. The predicted molar refractivity (Wildman–Crippen MR) is 289 cm³/mol. The third-order valence-electron chi connectivity index (χ3n) is 15.4. The molecule has 75 heavy (non-hydrogen) atoms. The molecular weight excluding hydrogens is 994 g/mol. The van der Waals surface area contributed by atoms with Crippen molar-refractivity contribution in [3.8, 4) is 22.8 Å². The molecule has 2 aliphatic heterocycles. The first-order valence-electron chi connectivity index (χ1n) is 25.9. The number of likely N-dealkylation sites (N-methyl/N-ethyl adjacent to an activating group) is 2. The Morgan fingerprint density at radius 3 is 2.28 bits per heavy atom. The number of carboxylic acid groups (broad SMARTS) is 1. The largest absolute Gasteiger partial charge is 0.481 e. The van der Waals surface area contributed by atoms with Gasteiger partial charge in [0.2, 0.25) is 23.6 Å². The van der Waals surface area contributed by atoms with Gasteiger partial charge >= 0.3 is 5.97 Å². The summed E-state index contributed by atoms with van der Waals surface area (Å²) in [6.45, 7) is 6.90. The third kappa shape index (κ3) is 13.1. The average molecular weight is 1060 g/mol. The Labute approximate surface area is 450 Å². The molecule has 4 aromatic carbocycles. The molecule has 3 aliphatic rings. The molecular formula is C58H69Cl2N7O8. The number of hydrogen-bond acceptors (Lipinski definition) is 9. The number of aromatic nitrogens is 2. The number of rotatable bonds is 16. The van der Waals surface area contributed by atoms with Crippen LogP contribution in [0.1, 0.15) is 92.8 Å². The zero-order valence-electron chi connectivity index (χ0n) is 43.8. The lowest BCUT2D eigenvalue weighted by molar-refractivity contribution is -0.149. The number of carbonyl (C=O) groups is 5. The molecule has 0 radical (unpaired) electrons. The number of methoxy groups -OCH3 is 1. The summed E-state index contributed by atoms with van der Waals surface area (Å²) in [7, 11) is 6.80. The molecule has 2 N–H and O–H groups in total. The first-order chi connectivity index (χ1) is 35.9. The number of carbonyl (C=O) groups excluding carboxylic acids is 4. The highest BCUT2D eigenvalue weighted by molar-refractivity contribution is 6.31. The lowest BCUT2D eigenvalue weighted by atomic mass is 9.80. The summed E-state index contributed by atoms with van der Waals surface area (Å²) in [5.74, 6) is -2.51. The minimum atomic E-state index is -1.31. The summed E-state index contributed by atoms with van der Waals surface area (Å²) in [5.41, 5.74) is 5.01. The van der Waals surface area contributed by atoms with E-state index < -0.39 is 47.7 Å². The van der Waals surface area contributed by atoms with Crippen molar-refractivity contribution in [3.63, 3.8) is 0 Å². The van der Waals surface area contributed by atoms with Gasteiger partial charge in [0.05, 0.1) is 43.5 Å². The number of fused-ring (bicyclic) bond motifs is 1. The molecule has 4 amide bonds. The molecule has 0 bridgehead atoms. The van der Waals surface area contributed by atoms with Crippen LogP contribution in [0.15, 0.2) is 97.2 Å². The molecule has 0 spiro atoms. The number of nitrogens with zero attached hydrogens (tertiary/aromatic N) is 6. The van der Waals surface area contributed by atoms with E-state index in [9.17, 15) is 14.7 Å². The number of benzene rings is 4. The molecule has 17 heteroatoms. The number of carboxylic acids is 1. The highest BCUT2D eigenvalue weighted by atomic mass is 35.5. The Balaban J connectivity index is 1.18. The van der Waals surface area contributed by atoms with Gasteiger partial charge in [-0.2, -0.15) is 0 Å². The highest BCUT2D eigenvalue weighted by Crippen LogP contribution is 2.50. The number of likely N-dealkylation sites (tertiary alicyclic amines) is 1. The van der Waals surface area contributed by atoms with Gasteiger partial charge in [-0.05, 0) is 128 Å². The van der Waals surface area contributed by atoms with Crippen LogP contribution in [0.2, 0.25) is 10.0 Å². The Morgan fingerprint density at radius 2 is 1.57 bits per heavy atom. The van der Waals surface area contributed by atoms with Crippen LogP contribution in [-0.2, 0) is 60.7 Å². The fraction of sp³-hybridized carbons (Fsp3) is 0.448. The second-order valence-corrected chi connectivity index (χ2v) is 21.9. The average Bonchev–Trinajstić information content (AvgIpc) is 4.11. The van der Waals surface area contributed by atoms with E-state index in [1.54, 1.807) is 54.2 Å². The molecule has 3 heterocycles. The van der Waals surface area contributed by atoms with Gasteiger partial charge in [-0.1, -0.05) is 79.5 Å². The topological polar surface area (TPSA) is 167 Å². The third-order valence-corrected chi connectivity index (χ3v) is 15.9. The van der Waals surface area contributed by atoms with Crippen LogP contribution in [0.25, 0.3) is 11.3 Å². The maximum atomic E-state index is 15.7. The van der Waals surface area contributed by atoms with Crippen LogP contribution >= 0.6 is 23.2 Å². The Morgan fingerprint density at radius 1 is 0.867 bits per heavy atom. The summed E-state index contributed by atoms with van der Waals surface area (Å²) in [6, 6.07) is 24.9. The molecule has 1 aromatic heterocycles. The Hall–Kier alpha value is -6.26. The zero-order chi connectivity index (χ0) is 53.6. The molecule has 0 unspecified atom stereocenters. The standard InChI is InChI=1S/C58H69Cl2N7O8/c1-58(2)31-46(44-12-7-8-13-47(44)58)45-30-53(68)67(33-39-18-23-41(60)29-51(39)75-43-24-19-38(20-25-43)50-32-61-52(65(50)5)35-66-26-9-10-27-66)49(14-11-15-54(69)70)55(71)62-48(36-74-6)57(73)64(4)42(34-63(3)56(45)72)28-37-16-21-40(59)22-17-37/h7-8,12-13,16-25,29,32,42,45-46,48-49H,9-11,14-15,26-28,30-31,33-36H2,1-6H3,(H,62,71)(H,69,70)/t42-,45+,46+,48+,49+/m1/s1. The maximum absolute atomic E-state index is 15.7. The molecule has 1 aliphatic carbocycles. The van der Waals surface area contributed by atoms with Gasteiger partial charge in [0, 0.05) is 68.8 Å². The Bertz CT molecular complexity index is 2850. The molecule has 0 saturated carbocycles. The van der Waals surface area contributed by atoms with E-state index in [0.717, 1.165) is 53.4 Å². The number of ether oxygens (including phenoxy) is 2. The molecule has 2 saturated heterocycles. The first-order valence-corrected chi connectivity index (χ1v) is 26.6. The van der Waals surface area contributed by atoms with Crippen molar-refractivity contribution < 1.29 is 38.6 Å². The molecule has 5 atom stereocenters. The second-order valence-electron chi connectivity index (χ2n) is 21.1. The van der Waals surface area contributed by atoms with Gasteiger partial charge in [-0.15, -0.1) is 0 Å². The van der Waals surface area contributed by atoms with Crippen LogP contribution in [0.4, 0.5) is 0 Å². The van der Waals surface area contributed by atoms with E-state index in [-0.39, 0.29) is 62.6 Å². The summed E-state index contributed by atoms with van der Waals surface area (Å²) in [4.78, 5) is 84.8. The van der Waals surface area contributed by atoms with E-state index in [2.05, 4.69) is 34.7 Å². The minimum absolute atomic E-state index is 0.0190. The second kappa shape index (κ2) is 24.2. The summed E-state index contributed by atoms with van der Waals surface area (Å²) in [6.07, 6.45) is 4.57. The summed E-state index contributed by atoms with van der Waals surface area (Å²) >= 11 is 12.9. The molecule has 398 valence electrons. The van der Waals surface area contributed by atoms with Crippen LogP contribution in [0, 0.1) is 5.92 Å². The van der Waals surface area contributed by atoms with Crippen molar-refractivity contribution in [1.82, 2.24) is 34.5 Å². The van der Waals surface area contributed by atoms with Crippen molar-refractivity contribution >= 4 is 52.8 Å². The van der Waals surface area contributed by atoms with E-state index in [4.69, 9.17) is 37.7 Å². The van der Waals surface area contributed by atoms with Crippen LogP contribution in [0.5, 0.6) is 11.5 Å².